The summed E-state index contributed by atoms with van der Waals surface area (Å²) in [4.78, 5) is 35.1. The molecule has 1 N–H and O–H groups in total. The van der Waals surface area contributed by atoms with Crippen LogP contribution in [-0.4, -0.2) is 74.9 Å². The van der Waals surface area contributed by atoms with Crippen molar-refractivity contribution in [1.29, 1.82) is 0 Å². The predicted octanol–water partition coefficient (Wildman–Crippen LogP) is 11.0. The van der Waals surface area contributed by atoms with Crippen molar-refractivity contribution >= 4 is 19.8 Å². The lowest BCUT2D eigenvalue weighted by Gasteiger charge is -2.24. The standard InChI is InChI=1S/C41H76NO8P/c1-6-8-10-12-14-16-18-19-20-21-22-23-24-26-28-30-32-34-41(44)50-39(38-49-51(45,46)48-36-35-42(3,4)5)37-47-40(43)33-31-29-27-25-17-15-13-11-9-7-2/h19-20,22-23,26,28,39H,6-18,21,24-25,27,29-38H2,1-5H3/p+1/b20-19+,23-22+,28-26+/t39-/m1/s1. The van der Waals surface area contributed by atoms with Crippen molar-refractivity contribution in [3.63, 3.8) is 0 Å². The SMILES string of the molecule is CCCCCCCC/C=C/C/C=C/C/C=C/CCCC(=O)O[C@H](COC(=O)CCCCCCCCCCCC)COP(=O)(O)OCC[N+](C)(C)C. The summed E-state index contributed by atoms with van der Waals surface area (Å²) in [5.41, 5.74) is 0. The van der Waals surface area contributed by atoms with Crippen LogP contribution in [-0.2, 0) is 32.7 Å². The Morgan fingerprint density at radius 1 is 0.608 bits per heavy atom. The van der Waals surface area contributed by atoms with E-state index in [0.29, 0.717) is 17.4 Å². The highest BCUT2D eigenvalue weighted by molar-refractivity contribution is 7.47. The van der Waals surface area contributed by atoms with Crippen molar-refractivity contribution in [2.24, 2.45) is 0 Å². The zero-order valence-electron chi connectivity index (χ0n) is 33.3. The summed E-state index contributed by atoms with van der Waals surface area (Å²) < 4.78 is 34.1. The number of hydrogen-bond acceptors (Lipinski definition) is 7. The minimum atomic E-state index is -4.38. The molecule has 0 aromatic rings. The van der Waals surface area contributed by atoms with Crippen LogP contribution < -0.4 is 0 Å². The van der Waals surface area contributed by atoms with Gasteiger partial charge in [0.05, 0.1) is 27.7 Å². The van der Waals surface area contributed by atoms with Gasteiger partial charge in [-0.1, -0.05) is 140 Å². The van der Waals surface area contributed by atoms with Crippen LogP contribution in [0.3, 0.4) is 0 Å². The number of ether oxygens (including phenoxy) is 2. The van der Waals surface area contributed by atoms with Gasteiger partial charge in [0.2, 0.25) is 0 Å². The van der Waals surface area contributed by atoms with Crippen LogP contribution in [0.4, 0.5) is 0 Å². The molecule has 0 bridgehead atoms. The smallest absolute Gasteiger partial charge is 0.462 e. The molecule has 0 fully saturated rings. The number of rotatable bonds is 36. The van der Waals surface area contributed by atoms with E-state index in [4.69, 9.17) is 18.5 Å². The second-order valence-electron chi connectivity index (χ2n) is 14.7. The van der Waals surface area contributed by atoms with Crippen LogP contribution in [0.15, 0.2) is 36.5 Å². The van der Waals surface area contributed by atoms with E-state index < -0.39 is 26.5 Å². The quantitative estimate of drug-likeness (QED) is 0.0222. The fourth-order valence-corrected chi connectivity index (χ4v) is 5.95. The summed E-state index contributed by atoms with van der Waals surface area (Å²) in [6.45, 7) is 4.33. The highest BCUT2D eigenvalue weighted by Gasteiger charge is 2.27. The number of nitrogens with zero attached hydrogens (tertiary/aromatic N) is 1. The topological polar surface area (TPSA) is 108 Å². The molecule has 0 aromatic heterocycles. The van der Waals surface area contributed by atoms with E-state index in [9.17, 15) is 19.0 Å². The molecule has 0 saturated carbocycles. The molecule has 0 aliphatic heterocycles. The van der Waals surface area contributed by atoms with Gasteiger partial charge in [-0.25, -0.2) is 4.57 Å². The lowest BCUT2D eigenvalue weighted by molar-refractivity contribution is -0.870. The maximum Gasteiger partial charge on any atom is 0.472 e. The Morgan fingerprint density at radius 3 is 1.63 bits per heavy atom. The van der Waals surface area contributed by atoms with Crippen LogP contribution in [0.5, 0.6) is 0 Å². The lowest BCUT2D eigenvalue weighted by atomic mass is 10.1. The molecule has 0 rings (SSSR count). The van der Waals surface area contributed by atoms with Crippen LogP contribution in [0.1, 0.15) is 162 Å². The molecule has 0 saturated heterocycles. The summed E-state index contributed by atoms with van der Waals surface area (Å²) >= 11 is 0. The molecule has 0 aromatic carbocycles. The molecule has 298 valence electrons. The van der Waals surface area contributed by atoms with Gasteiger partial charge in [0.25, 0.3) is 0 Å². The van der Waals surface area contributed by atoms with Crippen molar-refractivity contribution < 1.29 is 42.1 Å². The summed E-state index contributed by atoms with van der Waals surface area (Å²) in [5, 5.41) is 0. The molecule has 51 heavy (non-hydrogen) atoms. The molecule has 0 heterocycles. The molecule has 9 nitrogen and oxygen atoms in total. The van der Waals surface area contributed by atoms with E-state index in [-0.39, 0.29) is 32.0 Å². The van der Waals surface area contributed by atoms with Gasteiger partial charge >= 0.3 is 19.8 Å². The average Bonchev–Trinajstić information content (AvgIpc) is 3.07. The summed E-state index contributed by atoms with van der Waals surface area (Å²) in [6, 6.07) is 0. The van der Waals surface area contributed by atoms with E-state index in [0.717, 1.165) is 44.9 Å². The summed E-state index contributed by atoms with van der Waals surface area (Å²) in [7, 11) is 1.44. The Kier molecular flexibility index (Phi) is 32.8. The van der Waals surface area contributed by atoms with E-state index in [1.54, 1.807) is 0 Å². The van der Waals surface area contributed by atoms with E-state index in [1.807, 2.05) is 21.1 Å². The molecule has 2 atom stereocenters. The number of carbonyl (C=O) groups is 2. The first-order chi connectivity index (χ1) is 24.5. The largest absolute Gasteiger partial charge is 0.472 e. The van der Waals surface area contributed by atoms with Crippen LogP contribution in [0, 0.1) is 0 Å². The minimum absolute atomic E-state index is 0.0231. The molecule has 1 unspecified atom stereocenters. The number of hydrogen-bond donors (Lipinski definition) is 1. The van der Waals surface area contributed by atoms with Crippen LogP contribution in [0.2, 0.25) is 0 Å². The minimum Gasteiger partial charge on any atom is -0.462 e. The van der Waals surface area contributed by atoms with Crippen molar-refractivity contribution in [3.8, 4) is 0 Å². The first-order valence-electron chi connectivity index (χ1n) is 20.2. The van der Waals surface area contributed by atoms with Gasteiger partial charge in [-0.3, -0.25) is 18.6 Å². The number of likely N-dealkylation sites (N-methyl/N-ethyl adjacent to an activating group) is 1. The van der Waals surface area contributed by atoms with Crippen molar-refractivity contribution in [2.45, 2.75) is 168 Å². The number of phosphoric ester groups is 1. The first kappa shape index (κ1) is 49.2. The number of carbonyl (C=O) groups excluding carboxylic acids is 2. The molecular weight excluding hydrogens is 665 g/mol. The normalized spacial score (nSPS) is 14.1. The third kappa shape index (κ3) is 37.8. The van der Waals surface area contributed by atoms with E-state index >= 15 is 0 Å². The van der Waals surface area contributed by atoms with Gasteiger partial charge in [0.1, 0.15) is 19.8 Å². The van der Waals surface area contributed by atoms with Gasteiger partial charge < -0.3 is 18.9 Å². The first-order valence-corrected chi connectivity index (χ1v) is 21.7. The predicted molar refractivity (Wildman–Crippen MR) is 210 cm³/mol. The fourth-order valence-electron chi connectivity index (χ4n) is 5.20. The monoisotopic (exact) mass is 743 g/mol. The van der Waals surface area contributed by atoms with Crippen molar-refractivity contribution in [3.05, 3.63) is 36.5 Å². The Labute approximate surface area is 312 Å². The third-order valence-electron chi connectivity index (χ3n) is 8.42. The van der Waals surface area contributed by atoms with Crippen molar-refractivity contribution in [1.82, 2.24) is 0 Å². The summed E-state index contributed by atoms with van der Waals surface area (Å²) in [5.74, 6) is -0.862. The molecule has 0 amide bonds. The third-order valence-corrected chi connectivity index (χ3v) is 9.41. The van der Waals surface area contributed by atoms with Gasteiger partial charge in [-0.15, -0.1) is 0 Å². The average molecular weight is 743 g/mol. The van der Waals surface area contributed by atoms with E-state index in [2.05, 4.69) is 50.3 Å². The van der Waals surface area contributed by atoms with Crippen LogP contribution >= 0.6 is 7.82 Å². The van der Waals surface area contributed by atoms with Gasteiger partial charge in [-0.2, -0.15) is 0 Å². The van der Waals surface area contributed by atoms with Gasteiger partial charge in [-0.05, 0) is 44.9 Å². The molecule has 0 aliphatic rings. The molecule has 10 heteroatoms. The maximum absolute atomic E-state index is 12.6. The van der Waals surface area contributed by atoms with Gasteiger partial charge in [0, 0.05) is 12.8 Å². The summed E-state index contributed by atoms with van der Waals surface area (Å²) in [6.07, 6.45) is 36.3. The Bertz CT molecular complexity index is 975. The number of phosphoric acid groups is 1. The van der Waals surface area contributed by atoms with Gasteiger partial charge in [0.15, 0.2) is 6.10 Å². The zero-order chi connectivity index (χ0) is 37.9. The number of esters is 2. The highest BCUT2D eigenvalue weighted by Crippen LogP contribution is 2.43. The maximum atomic E-state index is 12.6. The molecule has 0 radical (unpaired) electrons. The molecule has 0 spiro atoms. The number of allylic oxidation sites excluding steroid dienone is 6. The zero-order valence-corrected chi connectivity index (χ0v) is 34.2. The Balaban J connectivity index is 4.49. The molecule has 0 aliphatic carbocycles. The second-order valence-corrected chi connectivity index (χ2v) is 16.1. The fraction of sp³-hybridized carbons (Fsp3) is 0.805. The Hall–Kier alpha value is -1.77. The second kappa shape index (κ2) is 34.0. The highest BCUT2D eigenvalue weighted by atomic mass is 31.2. The number of unbranched alkanes of at least 4 members (excludes halogenated alkanes) is 16. The Morgan fingerprint density at radius 2 is 1.08 bits per heavy atom. The van der Waals surface area contributed by atoms with Crippen molar-refractivity contribution in [2.75, 3.05) is 47.5 Å². The van der Waals surface area contributed by atoms with E-state index in [1.165, 1.54) is 83.5 Å². The molecular formula is C41H77NO8P+. The lowest BCUT2D eigenvalue weighted by Crippen LogP contribution is -2.37. The number of quaternary nitrogens is 1. The van der Waals surface area contributed by atoms with Crippen LogP contribution in [0.25, 0.3) is 0 Å².